The zero-order valence-electron chi connectivity index (χ0n) is 16.3. The number of sulfonamides is 1. The van der Waals surface area contributed by atoms with E-state index in [2.05, 4.69) is 10.3 Å². The Bertz CT molecular complexity index is 988. The molecule has 8 heteroatoms. The van der Waals surface area contributed by atoms with Gasteiger partial charge in [0.25, 0.3) is 5.91 Å². The molecule has 0 aliphatic carbocycles. The molecule has 1 amide bonds. The summed E-state index contributed by atoms with van der Waals surface area (Å²) in [5, 5.41) is 2.99. The van der Waals surface area contributed by atoms with Gasteiger partial charge in [0.1, 0.15) is 0 Å². The van der Waals surface area contributed by atoms with Crippen molar-refractivity contribution < 1.29 is 18.0 Å². The predicted molar refractivity (Wildman–Crippen MR) is 106 cm³/mol. The van der Waals surface area contributed by atoms with Gasteiger partial charge in [0, 0.05) is 31.7 Å². The second-order valence-corrected chi connectivity index (χ2v) is 9.08. The maximum atomic E-state index is 12.7. The first-order valence-corrected chi connectivity index (χ1v) is 10.7. The van der Waals surface area contributed by atoms with E-state index >= 15 is 0 Å². The number of nitrogens with zero attached hydrogens (tertiary/aromatic N) is 1. The number of rotatable bonds is 5. The van der Waals surface area contributed by atoms with Crippen molar-refractivity contribution in [2.24, 2.45) is 0 Å². The standard InChI is InChI=1S/C20H25N3O4S/c1-13-18(14(2)21-19(13)15(3)24)20(25)22-16-9-11-23(12-10-16)28(26,27)17-7-5-4-6-8-17/h4-8,16,21H,9-12H2,1-3H3,(H,22,25). The van der Waals surface area contributed by atoms with Crippen molar-refractivity contribution in [2.75, 3.05) is 13.1 Å². The fourth-order valence-electron chi connectivity index (χ4n) is 3.68. The fraction of sp³-hybridized carbons (Fsp3) is 0.400. The lowest BCUT2D eigenvalue weighted by molar-refractivity contribution is 0.0922. The fourth-order valence-corrected chi connectivity index (χ4v) is 5.17. The molecule has 0 saturated carbocycles. The minimum absolute atomic E-state index is 0.107. The van der Waals surface area contributed by atoms with E-state index in [-0.39, 0.29) is 22.6 Å². The second-order valence-electron chi connectivity index (χ2n) is 7.15. The van der Waals surface area contributed by atoms with Crippen molar-refractivity contribution in [1.29, 1.82) is 0 Å². The van der Waals surface area contributed by atoms with Gasteiger partial charge in [-0.3, -0.25) is 9.59 Å². The number of aromatic nitrogens is 1. The SMILES string of the molecule is CC(=O)c1[nH]c(C)c(C(=O)NC2CCN(S(=O)(=O)c3ccccc3)CC2)c1C. The van der Waals surface area contributed by atoms with E-state index in [0.717, 1.165) is 0 Å². The van der Waals surface area contributed by atoms with Crippen LogP contribution in [0, 0.1) is 13.8 Å². The molecule has 1 aliphatic rings. The van der Waals surface area contributed by atoms with Crippen LogP contribution in [0.3, 0.4) is 0 Å². The topological polar surface area (TPSA) is 99.3 Å². The molecule has 150 valence electrons. The van der Waals surface area contributed by atoms with Crippen LogP contribution in [0.15, 0.2) is 35.2 Å². The van der Waals surface area contributed by atoms with E-state index in [4.69, 9.17) is 0 Å². The van der Waals surface area contributed by atoms with Crippen molar-refractivity contribution in [2.45, 2.75) is 44.6 Å². The average molecular weight is 404 g/mol. The van der Waals surface area contributed by atoms with Crippen LogP contribution >= 0.6 is 0 Å². The molecule has 0 radical (unpaired) electrons. The van der Waals surface area contributed by atoms with Gasteiger partial charge in [-0.1, -0.05) is 18.2 Å². The second kappa shape index (κ2) is 7.89. The van der Waals surface area contributed by atoms with E-state index in [9.17, 15) is 18.0 Å². The van der Waals surface area contributed by atoms with Crippen molar-refractivity contribution in [3.63, 3.8) is 0 Å². The summed E-state index contributed by atoms with van der Waals surface area (Å²) in [4.78, 5) is 27.6. The largest absolute Gasteiger partial charge is 0.355 e. The number of ketones is 1. The van der Waals surface area contributed by atoms with Gasteiger partial charge in [0.2, 0.25) is 10.0 Å². The minimum atomic E-state index is -3.51. The van der Waals surface area contributed by atoms with Gasteiger partial charge < -0.3 is 10.3 Å². The summed E-state index contributed by atoms with van der Waals surface area (Å²) in [6.07, 6.45) is 1.08. The van der Waals surface area contributed by atoms with Gasteiger partial charge >= 0.3 is 0 Å². The van der Waals surface area contributed by atoms with Crippen molar-refractivity contribution in [3.8, 4) is 0 Å². The van der Waals surface area contributed by atoms with Crippen molar-refractivity contribution >= 4 is 21.7 Å². The number of piperidine rings is 1. The number of aryl methyl sites for hydroxylation is 1. The Kier molecular flexibility index (Phi) is 5.71. The molecule has 28 heavy (non-hydrogen) atoms. The molecule has 3 rings (SSSR count). The third-order valence-electron chi connectivity index (χ3n) is 5.19. The Balaban J connectivity index is 1.65. The highest BCUT2D eigenvalue weighted by atomic mass is 32.2. The highest BCUT2D eigenvalue weighted by Gasteiger charge is 2.30. The predicted octanol–water partition coefficient (Wildman–Crippen LogP) is 2.42. The summed E-state index contributed by atoms with van der Waals surface area (Å²) in [5.41, 5.74) is 2.24. The number of hydrogen-bond acceptors (Lipinski definition) is 4. The van der Waals surface area contributed by atoms with Gasteiger partial charge in [0.15, 0.2) is 5.78 Å². The lowest BCUT2D eigenvalue weighted by atomic mass is 10.0. The zero-order chi connectivity index (χ0) is 20.5. The number of nitrogens with one attached hydrogen (secondary N) is 2. The van der Waals surface area contributed by atoms with Crippen LogP contribution in [-0.4, -0.2) is 48.5 Å². The number of carbonyl (C=O) groups is 2. The first-order chi connectivity index (χ1) is 13.2. The Morgan fingerprint density at radius 1 is 1.11 bits per heavy atom. The monoisotopic (exact) mass is 403 g/mol. The number of carbonyl (C=O) groups excluding carboxylic acids is 2. The summed E-state index contributed by atoms with van der Waals surface area (Å²) in [6, 6.07) is 8.27. The molecule has 7 nitrogen and oxygen atoms in total. The molecule has 2 heterocycles. The number of amides is 1. The Labute approximate surface area is 165 Å². The summed E-state index contributed by atoms with van der Waals surface area (Å²) in [7, 11) is -3.51. The van der Waals surface area contributed by atoms with Gasteiger partial charge in [-0.25, -0.2) is 8.42 Å². The molecule has 0 atom stereocenters. The molecular weight excluding hydrogens is 378 g/mol. The van der Waals surface area contributed by atoms with Crippen molar-refractivity contribution in [3.05, 3.63) is 52.8 Å². The summed E-state index contributed by atoms with van der Waals surface area (Å²) >= 11 is 0. The number of Topliss-reactive ketones (excluding diaryl/α,β-unsaturated/α-hetero) is 1. The van der Waals surface area contributed by atoms with Crippen LogP contribution < -0.4 is 5.32 Å². The number of hydrogen-bond donors (Lipinski definition) is 2. The molecule has 2 aromatic rings. The average Bonchev–Trinajstić information content (AvgIpc) is 2.97. The Morgan fingerprint density at radius 2 is 1.71 bits per heavy atom. The molecule has 1 saturated heterocycles. The van der Waals surface area contributed by atoms with E-state index in [1.165, 1.54) is 11.2 Å². The number of H-pyrrole nitrogens is 1. The van der Waals surface area contributed by atoms with Crippen LogP contribution in [0.2, 0.25) is 0 Å². The quantitative estimate of drug-likeness (QED) is 0.749. The number of benzene rings is 1. The summed E-state index contributed by atoms with van der Waals surface area (Å²) < 4.78 is 26.9. The van der Waals surface area contributed by atoms with E-state index in [1.54, 1.807) is 44.2 Å². The third-order valence-corrected chi connectivity index (χ3v) is 7.10. The Morgan fingerprint density at radius 3 is 2.25 bits per heavy atom. The van der Waals surface area contributed by atoms with Crippen LogP contribution in [0.25, 0.3) is 0 Å². The molecule has 1 fully saturated rings. The molecule has 0 spiro atoms. The normalized spacial score (nSPS) is 16.1. The van der Waals surface area contributed by atoms with E-state index in [1.807, 2.05) is 0 Å². The lowest BCUT2D eigenvalue weighted by Gasteiger charge is -2.31. The van der Waals surface area contributed by atoms with Gasteiger partial charge in [-0.2, -0.15) is 4.31 Å². The zero-order valence-corrected chi connectivity index (χ0v) is 17.1. The van der Waals surface area contributed by atoms with Crippen LogP contribution in [-0.2, 0) is 10.0 Å². The smallest absolute Gasteiger partial charge is 0.253 e. The minimum Gasteiger partial charge on any atom is -0.355 e. The molecule has 1 aliphatic heterocycles. The third kappa shape index (κ3) is 3.88. The molecule has 0 bridgehead atoms. The lowest BCUT2D eigenvalue weighted by Crippen LogP contribution is -2.46. The van der Waals surface area contributed by atoms with E-state index in [0.29, 0.717) is 48.4 Å². The van der Waals surface area contributed by atoms with Crippen LogP contribution in [0.4, 0.5) is 0 Å². The summed E-state index contributed by atoms with van der Waals surface area (Å²) in [6.45, 7) is 5.69. The van der Waals surface area contributed by atoms with Gasteiger partial charge in [0.05, 0.1) is 16.2 Å². The molecule has 1 aromatic heterocycles. The highest BCUT2D eigenvalue weighted by molar-refractivity contribution is 7.89. The summed E-state index contributed by atoms with van der Waals surface area (Å²) in [5.74, 6) is -0.345. The first kappa shape index (κ1) is 20.3. The van der Waals surface area contributed by atoms with Crippen LogP contribution in [0.1, 0.15) is 51.9 Å². The van der Waals surface area contributed by atoms with Crippen LogP contribution in [0.5, 0.6) is 0 Å². The molecule has 0 unspecified atom stereocenters. The molecular formula is C20H25N3O4S. The molecule has 1 aromatic carbocycles. The first-order valence-electron chi connectivity index (χ1n) is 9.28. The van der Waals surface area contributed by atoms with E-state index < -0.39 is 10.0 Å². The van der Waals surface area contributed by atoms with Gasteiger partial charge in [-0.05, 0) is 44.4 Å². The maximum absolute atomic E-state index is 12.7. The number of aromatic amines is 1. The van der Waals surface area contributed by atoms with Gasteiger partial charge in [-0.15, -0.1) is 0 Å². The molecule has 2 N–H and O–H groups in total. The Hall–Kier alpha value is -2.45. The maximum Gasteiger partial charge on any atom is 0.253 e. The van der Waals surface area contributed by atoms with Crippen molar-refractivity contribution in [1.82, 2.24) is 14.6 Å². The highest BCUT2D eigenvalue weighted by Crippen LogP contribution is 2.22.